The van der Waals surface area contributed by atoms with E-state index >= 15 is 0 Å². The molecule has 0 aliphatic carbocycles. The number of aliphatic hydroxyl groups excluding tert-OH is 1. The first-order chi connectivity index (χ1) is 9.92. The highest BCUT2D eigenvalue weighted by molar-refractivity contribution is 7.98. The van der Waals surface area contributed by atoms with Gasteiger partial charge in [0.2, 0.25) is 10.0 Å². The van der Waals surface area contributed by atoms with E-state index in [-0.39, 0.29) is 10.8 Å². The van der Waals surface area contributed by atoms with Crippen molar-refractivity contribution in [1.82, 2.24) is 4.72 Å². The predicted molar refractivity (Wildman–Crippen MR) is 87.7 cm³/mol. The largest absolute Gasteiger partial charge is 0.387 e. The lowest BCUT2D eigenvalue weighted by Crippen LogP contribution is -2.28. The standard InChI is InChI=1S/C13H14ClNO3S3/c1-19-10-4-2-9(3-5-10)11(16)8-15-21(17,18)13-7-6-12(14)20-13/h2-7,11,15-16H,8H2,1H3/t11-/m0/s1. The normalized spacial score (nSPS) is 13.3. The number of thiophene rings is 1. The zero-order chi connectivity index (χ0) is 15.5. The fraction of sp³-hybridized carbons (Fsp3) is 0.231. The number of benzene rings is 1. The lowest BCUT2D eigenvalue weighted by molar-refractivity contribution is 0.182. The molecule has 1 heterocycles. The summed E-state index contributed by atoms with van der Waals surface area (Å²) in [6.07, 6.45) is 1.07. The summed E-state index contributed by atoms with van der Waals surface area (Å²) in [5.41, 5.74) is 0.666. The number of sulfonamides is 1. The number of hydrogen-bond donors (Lipinski definition) is 2. The average Bonchev–Trinajstić information content (AvgIpc) is 2.92. The number of thioether (sulfide) groups is 1. The topological polar surface area (TPSA) is 66.4 Å². The molecule has 2 N–H and O–H groups in total. The van der Waals surface area contributed by atoms with E-state index in [0.717, 1.165) is 16.2 Å². The third kappa shape index (κ3) is 4.45. The molecule has 21 heavy (non-hydrogen) atoms. The van der Waals surface area contributed by atoms with Gasteiger partial charge in [0.1, 0.15) is 4.21 Å². The lowest BCUT2D eigenvalue weighted by atomic mass is 10.1. The average molecular weight is 364 g/mol. The van der Waals surface area contributed by atoms with Gasteiger partial charge < -0.3 is 5.11 Å². The molecule has 1 aromatic carbocycles. The molecular formula is C13H14ClNO3S3. The first-order valence-corrected chi connectivity index (χ1v) is 9.89. The van der Waals surface area contributed by atoms with Gasteiger partial charge in [-0.05, 0) is 36.1 Å². The van der Waals surface area contributed by atoms with E-state index in [1.807, 2.05) is 18.4 Å². The van der Waals surface area contributed by atoms with E-state index in [0.29, 0.717) is 9.90 Å². The zero-order valence-corrected chi connectivity index (χ0v) is 14.3. The van der Waals surface area contributed by atoms with Gasteiger partial charge in [0.25, 0.3) is 0 Å². The molecule has 0 bridgehead atoms. The fourth-order valence-electron chi connectivity index (χ4n) is 1.65. The van der Waals surface area contributed by atoms with E-state index in [1.54, 1.807) is 23.9 Å². The predicted octanol–water partition coefficient (Wildman–Crippen LogP) is 3.14. The van der Waals surface area contributed by atoms with Gasteiger partial charge in [-0.25, -0.2) is 13.1 Å². The Morgan fingerprint density at radius 3 is 2.48 bits per heavy atom. The third-order valence-corrected chi connectivity index (χ3v) is 6.67. The molecule has 0 amide bonds. The summed E-state index contributed by atoms with van der Waals surface area (Å²) in [6.45, 7) is -0.0868. The second kappa shape index (κ2) is 7.13. The summed E-state index contributed by atoms with van der Waals surface area (Å²) in [7, 11) is -3.64. The van der Waals surface area contributed by atoms with Crippen LogP contribution < -0.4 is 4.72 Å². The van der Waals surface area contributed by atoms with Gasteiger partial charge in [-0.3, -0.25) is 0 Å². The van der Waals surface area contributed by atoms with Crippen LogP contribution in [0.2, 0.25) is 4.34 Å². The van der Waals surface area contributed by atoms with Crippen LogP contribution in [-0.2, 0) is 10.0 Å². The van der Waals surface area contributed by atoms with Crippen molar-refractivity contribution in [1.29, 1.82) is 0 Å². The van der Waals surface area contributed by atoms with Gasteiger partial charge in [-0.15, -0.1) is 23.1 Å². The molecule has 0 unspecified atom stereocenters. The lowest BCUT2D eigenvalue weighted by Gasteiger charge is -2.12. The first kappa shape index (κ1) is 16.8. The highest BCUT2D eigenvalue weighted by Gasteiger charge is 2.18. The Hall–Kier alpha value is -0.570. The van der Waals surface area contributed by atoms with Crippen LogP contribution in [-0.4, -0.2) is 26.3 Å². The number of aliphatic hydroxyl groups is 1. The third-order valence-electron chi connectivity index (χ3n) is 2.78. The van der Waals surface area contributed by atoms with Crippen molar-refractivity contribution in [3.63, 3.8) is 0 Å². The van der Waals surface area contributed by atoms with E-state index in [9.17, 15) is 13.5 Å². The van der Waals surface area contributed by atoms with E-state index < -0.39 is 16.1 Å². The van der Waals surface area contributed by atoms with Crippen molar-refractivity contribution in [3.8, 4) is 0 Å². The van der Waals surface area contributed by atoms with Crippen LogP contribution in [0, 0.1) is 0 Å². The molecule has 0 spiro atoms. The van der Waals surface area contributed by atoms with Crippen LogP contribution in [0.4, 0.5) is 0 Å². The van der Waals surface area contributed by atoms with Crippen LogP contribution >= 0.6 is 34.7 Å². The SMILES string of the molecule is CSc1ccc([C@@H](O)CNS(=O)(=O)c2ccc(Cl)s2)cc1. The molecule has 8 heteroatoms. The maximum absolute atomic E-state index is 12.0. The molecule has 0 saturated heterocycles. The van der Waals surface area contributed by atoms with Crippen LogP contribution in [0.25, 0.3) is 0 Å². The zero-order valence-electron chi connectivity index (χ0n) is 11.1. The number of halogens is 1. The molecule has 0 aliphatic heterocycles. The summed E-state index contributed by atoms with van der Waals surface area (Å²) in [6, 6.07) is 10.3. The maximum atomic E-state index is 12.0. The highest BCUT2D eigenvalue weighted by atomic mass is 35.5. The molecule has 2 aromatic rings. The second-order valence-corrected chi connectivity index (χ2v) is 8.79. The summed E-state index contributed by atoms with van der Waals surface area (Å²) in [5.74, 6) is 0. The molecule has 1 aromatic heterocycles. The Labute approximate surface area is 137 Å². The molecule has 0 aliphatic rings. The number of hydrogen-bond acceptors (Lipinski definition) is 5. The Morgan fingerprint density at radius 2 is 1.95 bits per heavy atom. The van der Waals surface area contributed by atoms with E-state index in [2.05, 4.69) is 4.72 Å². The van der Waals surface area contributed by atoms with E-state index in [1.165, 1.54) is 12.1 Å². The van der Waals surface area contributed by atoms with Crippen molar-refractivity contribution in [2.75, 3.05) is 12.8 Å². The minimum atomic E-state index is -3.64. The Kier molecular flexibility index (Phi) is 5.70. The minimum Gasteiger partial charge on any atom is -0.387 e. The minimum absolute atomic E-state index is 0.0868. The Bertz CT molecular complexity index is 698. The fourth-order valence-corrected chi connectivity index (χ4v) is 4.62. The van der Waals surface area contributed by atoms with E-state index in [4.69, 9.17) is 11.6 Å². The molecule has 4 nitrogen and oxygen atoms in total. The van der Waals surface area contributed by atoms with Crippen LogP contribution in [0.3, 0.4) is 0 Å². The molecular weight excluding hydrogens is 350 g/mol. The monoisotopic (exact) mass is 363 g/mol. The van der Waals surface area contributed by atoms with Gasteiger partial charge in [0.05, 0.1) is 10.4 Å². The maximum Gasteiger partial charge on any atom is 0.250 e. The van der Waals surface area contributed by atoms with Gasteiger partial charge in [0, 0.05) is 11.4 Å². The highest BCUT2D eigenvalue weighted by Crippen LogP contribution is 2.25. The van der Waals surface area contributed by atoms with Crippen LogP contribution in [0.1, 0.15) is 11.7 Å². The quantitative estimate of drug-likeness (QED) is 0.774. The second-order valence-electron chi connectivity index (χ2n) is 4.20. The van der Waals surface area contributed by atoms with Crippen molar-refractivity contribution in [2.24, 2.45) is 0 Å². The molecule has 0 saturated carbocycles. The van der Waals surface area contributed by atoms with Gasteiger partial charge in [-0.2, -0.15) is 0 Å². The van der Waals surface area contributed by atoms with Gasteiger partial charge in [0.15, 0.2) is 0 Å². The summed E-state index contributed by atoms with van der Waals surface area (Å²) in [5, 5.41) is 10.0. The number of nitrogens with one attached hydrogen (secondary N) is 1. The van der Waals surface area contributed by atoms with Crippen LogP contribution in [0.15, 0.2) is 45.5 Å². The Balaban J connectivity index is 2.01. The molecule has 2 rings (SSSR count). The summed E-state index contributed by atoms with van der Waals surface area (Å²) >= 11 is 8.31. The molecule has 114 valence electrons. The van der Waals surface area contributed by atoms with Crippen LogP contribution in [0.5, 0.6) is 0 Å². The molecule has 0 radical (unpaired) electrons. The molecule has 0 fully saturated rings. The van der Waals surface area contributed by atoms with Crippen molar-refractivity contribution in [2.45, 2.75) is 15.2 Å². The van der Waals surface area contributed by atoms with Crippen molar-refractivity contribution in [3.05, 3.63) is 46.3 Å². The van der Waals surface area contributed by atoms with Gasteiger partial charge >= 0.3 is 0 Å². The first-order valence-electron chi connectivity index (χ1n) is 5.99. The summed E-state index contributed by atoms with van der Waals surface area (Å²) < 4.78 is 26.9. The Morgan fingerprint density at radius 1 is 1.29 bits per heavy atom. The molecule has 1 atom stereocenters. The van der Waals surface area contributed by atoms with Gasteiger partial charge in [-0.1, -0.05) is 23.7 Å². The summed E-state index contributed by atoms with van der Waals surface area (Å²) in [4.78, 5) is 1.08. The van der Waals surface area contributed by atoms with Crippen molar-refractivity contribution < 1.29 is 13.5 Å². The smallest absolute Gasteiger partial charge is 0.250 e. The number of rotatable bonds is 6. The van der Waals surface area contributed by atoms with Crippen molar-refractivity contribution >= 4 is 44.7 Å².